The molecule has 0 amide bonds. The van der Waals surface area contributed by atoms with E-state index in [-0.39, 0.29) is 0 Å². The van der Waals surface area contributed by atoms with E-state index in [0.717, 1.165) is 22.6 Å². The van der Waals surface area contributed by atoms with Gasteiger partial charge >= 0.3 is 0 Å². The molecule has 1 heterocycles. The van der Waals surface area contributed by atoms with E-state index in [0.29, 0.717) is 0 Å². The Balaban J connectivity index is 1.92. The summed E-state index contributed by atoms with van der Waals surface area (Å²) in [7, 11) is 0. The van der Waals surface area contributed by atoms with Crippen molar-refractivity contribution in [3.05, 3.63) is 67.1 Å². The second-order valence-corrected chi connectivity index (χ2v) is 4.35. The number of hydrogen-bond acceptors (Lipinski definition) is 2. The van der Waals surface area contributed by atoms with Crippen LogP contribution in [0.25, 0.3) is 11.3 Å². The first-order valence-corrected chi connectivity index (χ1v) is 6.32. The molecule has 98 valence electrons. The molecule has 0 atom stereocenters. The van der Waals surface area contributed by atoms with E-state index in [4.69, 9.17) is 5.41 Å². The van der Waals surface area contributed by atoms with Crippen LogP contribution in [0.5, 0.6) is 0 Å². The van der Waals surface area contributed by atoms with Gasteiger partial charge in [0.15, 0.2) is 0 Å². The summed E-state index contributed by atoms with van der Waals surface area (Å²) < 4.78 is 0. The maximum atomic E-state index is 7.61. The molecule has 0 aliphatic carbocycles. The molecule has 0 aliphatic rings. The number of aromatic nitrogens is 2. The minimum Gasteiger partial charge on any atom is -0.345 e. The van der Waals surface area contributed by atoms with Crippen molar-refractivity contribution in [1.82, 2.24) is 9.97 Å². The van der Waals surface area contributed by atoms with Crippen LogP contribution in [0.3, 0.4) is 0 Å². The van der Waals surface area contributed by atoms with Crippen molar-refractivity contribution < 1.29 is 0 Å². The zero-order valence-corrected chi connectivity index (χ0v) is 10.8. The van der Waals surface area contributed by atoms with Gasteiger partial charge in [0.2, 0.25) is 0 Å². The molecule has 0 saturated carbocycles. The van der Waals surface area contributed by atoms with Gasteiger partial charge in [-0.25, -0.2) is 4.98 Å². The van der Waals surface area contributed by atoms with Gasteiger partial charge in [-0.2, -0.15) is 0 Å². The third-order valence-corrected chi connectivity index (χ3v) is 3.12. The zero-order valence-electron chi connectivity index (χ0n) is 10.8. The van der Waals surface area contributed by atoms with Gasteiger partial charge in [-0.15, -0.1) is 0 Å². The van der Waals surface area contributed by atoms with Gasteiger partial charge in [-0.05, 0) is 29.8 Å². The first-order chi connectivity index (χ1) is 9.88. The van der Waals surface area contributed by atoms with E-state index < -0.39 is 0 Å². The lowest BCUT2D eigenvalue weighted by atomic mass is 10.1. The Morgan fingerprint density at radius 2 is 1.65 bits per heavy atom. The highest BCUT2D eigenvalue weighted by Gasteiger charge is 2.06. The molecule has 0 aliphatic heterocycles. The molecule has 0 fully saturated rings. The third-order valence-electron chi connectivity index (χ3n) is 3.12. The molecule has 2 N–H and O–H groups in total. The fraction of sp³-hybridized carbons (Fsp3) is 0. The molecule has 0 saturated heterocycles. The molecule has 0 radical (unpaired) electrons. The van der Waals surface area contributed by atoms with E-state index in [2.05, 4.69) is 9.97 Å². The van der Waals surface area contributed by atoms with Crippen molar-refractivity contribution >= 4 is 17.7 Å². The summed E-state index contributed by atoms with van der Waals surface area (Å²) in [4.78, 5) is 8.93. The molecule has 20 heavy (non-hydrogen) atoms. The predicted molar refractivity (Wildman–Crippen MR) is 81.4 cm³/mol. The van der Waals surface area contributed by atoms with Crippen molar-refractivity contribution in [2.24, 2.45) is 0 Å². The van der Waals surface area contributed by atoms with Crippen molar-refractivity contribution in [1.29, 1.82) is 5.41 Å². The van der Waals surface area contributed by atoms with Crippen LogP contribution in [-0.4, -0.2) is 16.3 Å². The predicted octanol–water partition coefficient (Wildman–Crippen LogP) is 3.82. The highest BCUT2D eigenvalue weighted by atomic mass is 15.1. The lowest BCUT2D eigenvalue weighted by Crippen LogP contribution is -2.13. The quantitative estimate of drug-likeness (QED) is 0.554. The number of H-pyrrole nitrogens is 1. The van der Waals surface area contributed by atoms with E-state index >= 15 is 0 Å². The monoisotopic (exact) mass is 262 g/mol. The fourth-order valence-corrected chi connectivity index (χ4v) is 2.10. The molecule has 4 heteroatoms. The van der Waals surface area contributed by atoms with Crippen molar-refractivity contribution in [2.75, 3.05) is 4.90 Å². The lowest BCUT2D eigenvalue weighted by molar-refractivity contribution is 1.31. The SMILES string of the molecule is N=CN(c1ccccc1)c1ccc(-c2cnc[nH]2)cc1. The van der Waals surface area contributed by atoms with Crippen LogP contribution in [0, 0.1) is 5.41 Å². The summed E-state index contributed by atoms with van der Waals surface area (Å²) >= 11 is 0. The molecule has 1 aromatic heterocycles. The number of hydrogen-bond donors (Lipinski definition) is 2. The summed E-state index contributed by atoms with van der Waals surface area (Å²) in [5.74, 6) is 0. The Bertz CT molecular complexity index is 672. The normalized spacial score (nSPS) is 10.2. The number of aromatic amines is 1. The Morgan fingerprint density at radius 3 is 2.25 bits per heavy atom. The smallest absolute Gasteiger partial charge is 0.0924 e. The van der Waals surface area contributed by atoms with Crippen LogP contribution in [0.4, 0.5) is 11.4 Å². The molecular weight excluding hydrogens is 248 g/mol. The van der Waals surface area contributed by atoms with Crippen LogP contribution in [0.15, 0.2) is 67.1 Å². The van der Waals surface area contributed by atoms with Crippen molar-refractivity contribution in [2.45, 2.75) is 0 Å². The maximum absolute atomic E-state index is 7.61. The molecule has 0 spiro atoms. The van der Waals surface area contributed by atoms with Crippen molar-refractivity contribution in [3.8, 4) is 11.3 Å². The van der Waals surface area contributed by atoms with Gasteiger partial charge in [-0.1, -0.05) is 30.3 Å². The topological polar surface area (TPSA) is 55.8 Å². The summed E-state index contributed by atoms with van der Waals surface area (Å²) in [5, 5.41) is 7.61. The molecular formula is C16H14N4. The van der Waals surface area contributed by atoms with Gasteiger partial charge in [0.05, 0.1) is 24.6 Å². The Labute approximate surface area is 117 Å². The third kappa shape index (κ3) is 2.31. The average Bonchev–Trinajstić information content (AvgIpc) is 3.04. The minimum atomic E-state index is 0.953. The van der Waals surface area contributed by atoms with E-state index in [1.165, 1.54) is 6.34 Å². The van der Waals surface area contributed by atoms with Crippen LogP contribution in [0.2, 0.25) is 0 Å². The van der Waals surface area contributed by atoms with Gasteiger partial charge in [0, 0.05) is 11.4 Å². The summed E-state index contributed by atoms with van der Waals surface area (Å²) in [6.45, 7) is 0. The lowest BCUT2D eigenvalue weighted by Gasteiger charge is -2.19. The number of imidazole rings is 1. The molecule has 0 bridgehead atoms. The first-order valence-electron chi connectivity index (χ1n) is 6.32. The number of nitrogens with one attached hydrogen (secondary N) is 2. The van der Waals surface area contributed by atoms with E-state index in [9.17, 15) is 0 Å². The number of anilines is 2. The summed E-state index contributed by atoms with van der Waals surface area (Å²) in [6, 6.07) is 17.9. The molecule has 3 rings (SSSR count). The Hall–Kier alpha value is -2.88. The van der Waals surface area contributed by atoms with Gasteiger partial charge < -0.3 is 9.88 Å². The number of rotatable bonds is 4. The highest BCUT2D eigenvalue weighted by molar-refractivity contribution is 5.88. The molecule has 0 unspecified atom stereocenters. The van der Waals surface area contributed by atoms with Gasteiger partial charge in [0.1, 0.15) is 0 Å². The van der Waals surface area contributed by atoms with Crippen molar-refractivity contribution in [3.63, 3.8) is 0 Å². The van der Waals surface area contributed by atoms with Crippen LogP contribution in [-0.2, 0) is 0 Å². The second-order valence-electron chi connectivity index (χ2n) is 4.35. The Morgan fingerprint density at radius 1 is 0.950 bits per heavy atom. The number of para-hydroxylation sites is 1. The maximum Gasteiger partial charge on any atom is 0.0924 e. The number of benzene rings is 2. The largest absolute Gasteiger partial charge is 0.345 e. The van der Waals surface area contributed by atoms with Gasteiger partial charge in [-0.3, -0.25) is 5.41 Å². The second kappa shape index (κ2) is 5.40. The van der Waals surface area contributed by atoms with E-state index in [1.54, 1.807) is 12.5 Å². The highest BCUT2D eigenvalue weighted by Crippen LogP contribution is 2.26. The minimum absolute atomic E-state index is 0.953. The summed E-state index contributed by atoms with van der Waals surface area (Å²) in [6.07, 6.45) is 4.78. The van der Waals surface area contributed by atoms with Crippen LogP contribution >= 0.6 is 0 Å². The number of nitrogens with zero attached hydrogens (tertiary/aromatic N) is 2. The van der Waals surface area contributed by atoms with Gasteiger partial charge in [0.25, 0.3) is 0 Å². The molecule has 3 aromatic rings. The van der Waals surface area contributed by atoms with Crippen LogP contribution in [0.1, 0.15) is 0 Å². The zero-order chi connectivity index (χ0) is 13.8. The molecule has 4 nitrogen and oxygen atoms in total. The fourth-order valence-electron chi connectivity index (χ4n) is 2.10. The standard InChI is InChI=1S/C16H14N4/c17-11-20(14-4-2-1-3-5-14)15-8-6-13(7-9-15)16-10-18-12-19-16/h1-12,17H,(H,18,19). The summed E-state index contributed by atoms with van der Waals surface area (Å²) in [5.41, 5.74) is 3.98. The van der Waals surface area contributed by atoms with E-state index in [1.807, 2.05) is 59.5 Å². The average molecular weight is 262 g/mol. The first kappa shape index (κ1) is 12.2. The molecule has 2 aromatic carbocycles. The Kier molecular flexibility index (Phi) is 3.29. The van der Waals surface area contributed by atoms with Crippen LogP contribution < -0.4 is 4.90 Å².